The molecule has 14 heavy (non-hydrogen) atoms. The molecular weight excluding hydrogens is 202 g/mol. The van der Waals surface area contributed by atoms with Crippen LogP contribution in [0.4, 0.5) is 0 Å². The molecule has 0 atom stereocenters. The van der Waals surface area contributed by atoms with E-state index in [1.165, 1.54) is 11.3 Å². The Kier molecular flexibility index (Phi) is 2.55. The fourth-order valence-corrected chi connectivity index (χ4v) is 1.90. The van der Waals surface area contributed by atoms with E-state index in [2.05, 4.69) is 10.3 Å². The number of amides is 2. The number of aromatic nitrogens is 1. The van der Waals surface area contributed by atoms with E-state index in [1.54, 1.807) is 10.4 Å². The van der Waals surface area contributed by atoms with Crippen LogP contribution in [0.5, 0.6) is 0 Å². The van der Waals surface area contributed by atoms with Gasteiger partial charge in [0.2, 0.25) is 11.8 Å². The number of carbonyl (C=O) groups excluding carboxylic acids is 2. The SMILES string of the molecule is O=C1CN(Cc2cscn2)CC(=O)N1. The maximum Gasteiger partial charge on any atom is 0.240 e. The van der Waals surface area contributed by atoms with E-state index in [-0.39, 0.29) is 24.9 Å². The Hall–Kier alpha value is -1.27. The van der Waals surface area contributed by atoms with Gasteiger partial charge < -0.3 is 0 Å². The van der Waals surface area contributed by atoms with Crippen molar-refractivity contribution in [2.75, 3.05) is 13.1 Å². The van der Waals surface area contributed by atoms with Crippen LogP contribution in [0.15, 0.2) is 10.9 Å². The summed E-state index contributed by atoms with van der Waals surface area (Å²) >= 11 is 1.51. The normalized spacial score (nSPS) is 18.3. The lowest BCUT2D eigenvalue weighted by atomic mass is 10.3. The number of piperazine rings is 1. The largest absolute Gasteiger partial charge is 0.294 e. The predicted octanol–water partition coefficient (Wildman–Crippen LogP) is -0.399. The number of hydrogen-bond acceptors (Lipinski definition) is 5. The minimum atomic E-state index is -0.239. The second-order valence-corrected chi connectivity index (χ2v) is 3.81. The number of rotatable bonds is 2. The molecule has 0 aliphatic carbocycles. The van der Waals surface area contributed by atoms with Crippen molar-refractivity contribution in [3.8, 4) is 0 Å². The van der Waals surface area contributed by atoms with Crippen LogP contribution in [0.3, 0.4) is 0 Å². The molecule has 1 aliphatic heterocycles. The lowest BCUT2D eigenvalue weighted by Gasteiger charge is -2.24. The second kappa shape index (κ2) is 3.85. The second-order valence-electron chi connectivity index (χ2n) is 3.10. The number of carbonyl (C=O) groups is 2. The molecule has 74 valence electrons. The number of hydrogen-bond donors (Lipinski definition) is 1. The van der Waals surface area contributed by atoms with Gasteiger partial charge >= 0.3 is 0 Å². The average molecular weight is 211 g/mol. The van der Waals surface area contributed by atoms with Crippen molar-refractivity contribution in [1.82, 2.24) is 15.2 Å². The third kappa shape index (κ3) is 2.15. The summed E-state index contributed by atoms with van der Waals surface area (Å²) in [6.45, 7) is 1.09. The van der Waals surface area contributed by atoms with E-state index < -0.39 is 0 Å². The van der Waals surface area contributed by atoms with E-state index in [4.69, 9.17) is 0 Å². The van der Waals surface area contributed by atoms with Crippen LogP contribution in [-0.2, 0) is 16.1 Å². The summed E-state index contributed by atoms with van der Waals surface area (Å²) < 4.78 is 0. The van der Waals surface area contributed by atoms with Crippen LogP contribution in [0, 0.1) is 0 Å². The zero-order valence-corrected chi connectivity index (χ0v) is 8.21. The smallest absolute Gasteiger partial charge is 0.240 e. The zero-order valence-electron chi connectivity index (χ0n) is 7.40. The summed E-state index contributed by atoms with van der Waals surface area (Å²) in [5.74, 6) is -0.479. The summed E-state index contributed by atoms with van der Waals surface area (Å²) in [6, 6.07) is 0. The van der Waals surface area contributed by atoms with Crippen LogP contribution in [0.1, 0.15) is 5.69 Å². The van der Waals surface area contributed by atoms with E-state index in [9.17, 15) is 9.59 Å². The van der Waals surface area contributed by atoms with Gasteiger partial charge in [0.1, 0.15) is 0 Å². The number of imide groups is 1. The maximum absolute atomic E-state index is 11.0. The molecule has 0 radical (unpaired) electrons. The van der Waals surface area contributed by atoms with E-state index in [1.807, 2.05) is 5.38 Å². The summed E-state index contributed by atoms with van der Waals surface area (Å²) in [5.41, 5.74) is 2.64. The molecule has 0 aromatic carbocycles. The molecule has 1 N–H and O–H groups in total. The minimum Gasteiger partial charge on any atom is -0.294 e. The van der Waals surface area contributed by atoms with Crippen LogP contribution in [-0.4, -0.2) is 34.8 Å². The first-order valence-corrected chi connectivity index (χ1v) is 5.10. The molecule has 0 unspecified atom stereocenters. The Labute approximate surface area is 84.7 Å². The lowest BCUT2D eigenvalue weighted by molar-refractivity contribution is -0.136. The first-order chi connectivity index (χ1) is 6.74. The Balaban J connectivity index is 1.98. The van der Waals surface area contributed by atoms with E-state index in [0.717, 1.165) is 5.69 Å². The summed E-state index contributed by atoms with van der Waals surface area (Å²) in [7, 11) is 0. The first kappa shape index (κ1) is 9.29. The van der Waals surface area contributed by atoms with Crippen LogP contribution in [0.25, 0.3) is 0 Å². The fraction of sp³-hybridized carbons (Fsp3) is 0.375. The molecule has 5 nitrogen and oxygen atoms in total. The van der Waals surface area contributed by atoms with Crippen molar-refractivity contribution >= 4 is 23.2 Å². The van der Waals surface area contributed by atoms with Crippen molar-refractivity contribution < 1.29 is 9.59 Å². The molecule has 0 spiro atoms. The molecule has 0 bridgehead atoms. The highest BCUT2D eigenvalue weighted by atomic mass is 32.1. The third-order valence-corrected chi connectivity index (χ3v) is 2.52. The molecular formula is C8H9N3O2S. The fourth-order valence-electron chi connectivity index (χ4n) is 1.35. The molecule has 2 amide bonds. The van der Waals surface area contributed by atoms with Gasteiger partial charge in [-0.05, 0) is 0 Å². The van der Waals surface area contributed by atoms with Gasteiger partial charge in [-0.1, -0.05) is 0 Å². The molecule has 2 heterocycles. The number of nitrogens with one attached hydrogen (secondary N) is 1. The van der Waals surface area contributed by atoms with Gasteiger partial charge in [0.15, 0.2) is 0 Å². The lowest BCUT2D eigenvalue weighted by Crippen LogP contribution is -2.50. The summed E-state index contributed by atoms with van der Waals surface area (Å²) in [4.78, 5) is 27.9. The van der Waals surface area contributed by atoms with Crippen molar-refractivity contribution in [3.63, 3.8) is 0 Å². The zero-order chi connectivity index (χ0) is 9.97. The van der Waals surface area contributed by atoms with Gasteiger partial charge in [-0.3, -0.25) is 19.8 Å². The highest BCUT2D eigenvalue weighted by Gasteiger charge is 2.22. The van der Waals surface area contributed by atoms with Crippen LogP contribution < -0.4 is 5.32 Å². The van der Waals surface area contributed by atoms with Crippen molar-refractivity contribution in [2.45, 2.75) is 6.54 Å². The van der Waals surface area contributed by atoms with Crippen LogP contribution >= 0.6 is 11.3 Å². The Morgan fingerprint density at radius 2 is 2.14 bits per heavy atom. The van der Waals surface area contributed by atoms with Gasteiger partial charge in [-0.15, -0.1) is 11.3 Å². The van der Waals surface area contributed by atoms with Crippen molar-refractivity contribution in [3.05, 3.63) is 16.6 Å². The van der Waals surface area contributed by atoms with Crippen molar-refractivity contribution in [2.24, 2.45) is 0 Å². The first-order valence-electron chi connectivity index (χ1n) is 4.16. The number of nitrogens with zero attached hydrogens (tertiary/aromatic N) is 2. The predicted molar refractivity (Wildman–Crippen MR) is 50.5 cm³/mol. The Bertz CT molecular complexity index is 333. The van der Waals surface area contributed by atoms with Gasteiger partial charge in [0.05, 0.1) is 24.3 Å². The van der Waals surface area contributed by atoms with E-state index in [0.29, 0.717) is 6.54 Å². The molecule has 6 heteroatoms. The maximum atomic E-state index is 11.0. The Morgan fingerprint density at radius 1 is 1.43 bits per heavy atom. The van der Waals surface area contributed by atoms with Gasteiger partial charge in [0.25, 0.3) is 0 Å². The third-order valence-electron chi connectivity index (χ3n) is 1.88. The molecule has 1 fully saturated rings. The molecule has 0 saturated carbocycles. The van der Waals surface area contributed by atoms with Crippen molar-refractivity contribution in [1.29, 1.82) is 0 Å². The molecule has 1 saturated heterocycles. The van der Waals surface area contributed by atoms with Gasteiger partial charge in [-0.25, -0.2) is 4.98 Å². The summed E-state index contributed by atoms with van der Waals surface area (Å²) in [6.07, 6.45) is 0. The monoisotopic (exact) mass is 211 g/mol. The standard InChI is InChI=1S/C8H9N3O2S/c12-7-2-11(3-8(13)10-7)1-6-4-14-5-9-6/h4-5H,1-3H2,(H,10,12,13). The van der Waals surface area contributed by atoms with E-state index >= 15 is 0 Å². The molecule has 1 aromatic rings. The topological polar surface area (TPSA) is 62.3 Å². The molecule has 2 rings (SSSR count). The molecule has 1 aromatic heterocycles. The average Bonchev–Trinajstić information content (AvgIpc) is 2.54. The summed E-state index contributed by atoms with van der Waals surface area (Å²) in [5, 5.41) is 4.17. The Morgan fingerprint density at radius 3 is 2.71 bits per heavy atom. The number of thiazole rings is 1. The highest BCUT2D eigenvalue weighted by Crippen LogP contribution is 2.06. The molecule has 1 aliphatic rings. The minimum absolute atomic E-state index is 0.239. The van der Waals surface area contributed by atoms with Gasteiger partial charge in [-0.2, -0.15) is 0 Å². The van der Waals surface area contributed by atoms with Gasteiger partial charge in [0, 0.05) is 11.9 Å². The quantitative estimate of drug-likeness (QED) is 0.676. The highest BCUT2D eigenvalue weighted by molar-refractivity contribution is 7.07. The van der Waals surface area contributed by atoms with Crippen LogP contribution in [0.2, 0.25) is 0 Å².